The van der Waals surface area contributed by atoms with Gasteiger partial charge in [0, 0.05) is 22.8 Å². The van der Waals surface area contributed by atoms with Crippen molar-refractivity contribution in [2.75, 3.05) is 46.2 Å². The van der Waals surface area contributed by atoms with Crippen LogP contribution in [0.2, 0.25) is 0 Å². The van der Waals surface area contributed by atoms with E-state index >= 15 is 0 Å². The lowest BCUT2D eigenvalue weighted by atomic mass is 10.0. The van der Waals surface area contributed by atoms with Crippen LogP contribution in [0.3, 0.4) is 0 Å². The maximum absolute atomic E-state index is 6.84. The van der Waals surface area contributed by atoms with Gasteiger partial charge in [0.05, 0.1) is 51.8 Å². The summed E-state index contributed by atoms with van der Waals surface area (Å²) in [7, 11) is 0. The zero-order valence-electron chi connectivity index (χ0n) is 58.0. The molecular weight excluding hydrogens is 1070 g/mol. The van der Waals surface area contributed by atoms with E-state index in [-0.39, 0.29) is 0 Å². The molecule has 87 heavy (non-hydrogen) atoms. The highest BCUT2D eigenvalue weighted by molar-refractivity contribution is 5.81. The minimum atomic E-state index is 0.368. The average molecular weight is 1200 g/mol. The van der Waals surface area contributed by atoms with Crippen molar-refractivity contribution in [1.29, 1.82) is 0 Å². The molecule has 4 atom stereocenters. The van der Waals surface area contributed by atoms with Crippen LogP contribution in [-0.4, -0.2) is 46.2 Å². The van der Waals surface area contributed by atoms with Crippen molar-refractivity contribution in [2.24, 2.45) is 23.7 Å². The van der Waals surface area contributed by atoms with Crippen LogP contribution < -0.4 is 33.2 Å². The molecule has 7 nitrogen and oxygen atoms in total. The predicted molar refractivity (Wildman–Crippen MR) is 377 cm³/mol. The van der Waals surface area contributed by atoms with Crippen molar-refractivity contribution < 1.29 is 33.2 Å². The Morgan fingerprint density at radius 1 is 0.310 bits per heavy atom. The van der Waals surface area contributed by atoms with Gasteiger partial charge < -0.3 is 33.2 Å². The van der Waals surface area contributed by atoms with Gasteiger partial charge in [0.25, 0.3) is 0 Å². The second-order valence-corrected chi connectivity index (χ2v) is 25.9. The molecule has 0 radical (unpaired) electrons. The molecule has 0 aliphatic heterocycles. The minimum Gasteiger partial charge on any atom is -0.493 e. The first kappa shape index (κ1) is 76.5. The Labute approximate surface area is 536 Å². The first-order chi connectivity index (χ1) is 42.5. The van der Waals surface area contributed by atoms with Crippen LogP contribution >= 0.6 is 0 Å². The molecule has 0 N–H and O–H groups in total. The van der Waals surface area contributed by atoms with Gasteiger partial charge in [0.1, 0.15) is 23.0 Å². The Bertz CT molecular complexity index is 2240. The summed E-state index contributed by atoms with van der Waals surface area (Å²) in [4.78, 5) is 0. The van der Waals surface area contributed by atoms with Gasteiger partial charge in [-0.15, -0.1) is 6.42 Å². The Hall–Kier alpha value is -4.70. The van der Waals surface area contributed by atoms with Crippen LogP contribution in [0.1, 0.15) is 322 Å². The SMILES string of the molecule is C#Cc1cc(OC[C@@H](C)CC)c(/C=C/c2cc(OC[C@@H](C)CC)c(/C=C/c3cc(OCCCCCCCCCCCC)c(OCCCCCCCCCCCC)c(OCCCCCCCCCCCC)c3)cc2OC[C@@H](C)CC)cc1OC[C@@H](C)CC. The van der Waals surface area contributed by atoms with Crippen LogP contribution in [-0.2, 0) is 0 Å². The van der Waals surface area contributed by atoms with Gasteiger partial charge >= 0.3 is 0 Å². The molecule has 0 saturated carbocycles. The van der Waals surface area contributed by atoms with Crippen LogP contribution in [0.4, 0.5) is 0 Å². The van der Waals surface area contributed by atoms with E-state index in [9.17, 15) is 0 Å². The van der Waals surface area contributed by atoms with E-state index in [0.29, 0.717) is 81.2 Å². The molecule has 0 fully saturated rings. The number of terminal acetylenes is 1. The molecule has 7 heteroatoms. The number of rotatable bonds is 56. The minimum absolute atomic E-state index is 0.368. The third kappa shape index (κ3) is 34.2. The molecule has 0 aliphatic rings. The van der Waals surface area contributed by atoms with Gasteiger partial charge in [-0.25, -0.2) is 0 Å². The summed E-state index contributed by atoms with van der Waals surface area (Å²) < 4.78 is 47.1. The second-order valence-electron chi connectivity index (χ2n) is 25.9. The fourth-order valence-electron chi connectivity index (χ4n) is 10.3. The zero-order chi connectivity index (χ0) is 63.0. The standard InChI is InChI=1S/C80H130O7/c1-13-21-24-27-30-33-36-39-42-45-52-81-78-55-69(56-79(82-53-46-43-40-37-34-31-28-25-22-14-2)80(78)83-54-47-44-41-38-35-32-29-26-23-15-3)48-49-71-59-77(87-64-68(12)19-7)73(60-76(71)86-63-67(11)18-6)51-50-72-58-74(84-61-65(9)16-4)70(20-8)57-75(72)85-62-66(10)17-5/h8,48-51,55-60,65-68H,13-19,21-47,52-54,61-64H2,1-7,9-12H3/b49-48+,51-50+/t65-,66-,67-,68-/m0/s1. The summed E-state index contributed by atoms with van der Waals surface area (Å²) in [6.07, 6.45) is 57.2. The van der Waals surface area contributed by atoms with Gasteiger partial charge in [-0.2, -0.15) is 0 Å². The van der Waals surface area contributed by atoms with E-state index in [1.54, 1.807) is 0 Å². The van der Waals surface area contributed by atoms with Gasteiger partial charge in [-0.05, 0) is 78.8 Å². The molecule has 0 aliphatic carbocycles. The molecule has 0 aromatic heterocycles. The predicted octanol–water partition coefficient (Wildman–Crippen LogP) is 24.6. The third-order valence-electron chi connectivity index (χ3n) is 17.5. The lowest BCUT2D eigenvalue weighted by Crippen LogP contribution is -2.10. The summed E-state index contributed by atoms with van der Waals surface area (Å²) in [5, 5.41) is 0. The van der Waals surface area contributed by atoms with Crippen molar-refractivity contribution in [1.82, 2.24) is 0 Å². The van der Waals surface area contributed by atoms with E-state index in [4.69, 9.17) is 39.6 Å². The fraction of sp³-hybridized carbons (Fsp3) is 0.700. The first-order valence-corrected chi connectivity index (χ1v) is 36.3. The quantitative estimate of drug-likeness (QED) is 0.0317. The van der Waals surface area contributed by atoms with Crippen molar-refractivity contribution in [3.8, 4) is 52.6 Å². The molecule has 492 valence electrons. The monoisotopic (exact) mass is 1200 g/mol. The smallest absolute Gasteiger partial charge is 0.203 e. The molecule has 0 amide bonds. The number of hydrogen-bond donors (Lipinski definition) is 0. The number of benzene rings is 3. The van der Waals surface area contributed by atoms with Crippen molar-refractivity contribution in [3.05, 3.63) is 64.2 Å². The molecule has 3 aromatic rings. The largest absolute Gasteiger partial charge is 0.493 e. The summed E-state index contributed by atoms with van der Waals surface area (Å²) in [5.74, 6) is 9.67. The average Bonchev–Trinajstić information content (AvgIpc) is 2.88. The molecule has 0 unspecified atom stereocenters. The molecule has 0 saturated heterocycles. The molecule has 3 rings (SSSR count). The number of unbranched alkanes of at least 4 members (excludes halogenated alkanes) is 27. The first-order valence-electron chi connectivity index (χ1n) is 36.3. The van der Waals surface area contributed by atoms with E-state index in [2.05, 4.69) is 131 Å². The maximum Gasteiger partial charge on any atom is 0.203 e. The van der Waals surface area contributed by atoms with Gasteiger partial charge in [-0.3, -0.25) is 0 Å². The van der Waals surface area contributed by atoms with Crippen LogP contribution in [0.5, 0.6) is 40.2 Å². The van der Waals surface area contributed by atoms with E-state index in [0.717, 1.165) is 115 Å². The summed E-state index contributed by atoms with van der Waals surface area (Å²) >= 11 is 0. The Balaban J connectivity index is 2.13. The highest BCUT2D eigenvalue weighted by Gasteiger charge is 2.19. The number of ether oxygens (including phenoxy) is 7. The Morgan fingerprint density at radius 2 is 0.586 bits per heavy atom. The fourth-order valence-corrected chi connectivity index (χ4v) is 10.3. The van der Waals surface area contributed by atoms with E-state index in [1.807, 2.05) is 12.1 Å². The molecule has 0 bridgehead atoms. The highest BCUT2D eigenvalue weighted by Crippen LogP contribution is 2.41. The van der Waals surface area contributed by atoms with Crippen molar-refractivity contribution in [3.63, 3.8) is 0 Å². The zero-order valence-corrected chi connectivity index (χ0v) is 58.0. The lowest BCUT2D eigenvalue weighted by molar-refractivity contribution is 0.234. The van der Waals surface area contributed by atoms with Crippen LogP contribution in [0.25, 0.3) is 24.3 Å². The van der Waals surface area contributed by atoms with Gasteiger partial charge in [0.15, 0.2) is 11.5 Å². The summed E-state index contributed by atoms with van der Waals surface area (Å²) in [5.41, 5.74) is 4.43. The normalized spacial score (nSPS) is 13.0. The Kier molecular flexibility index (Phi) is 44.1. The van der Waals surface area contributed by atoms with Crippen LogP contribution in [0.15, 0.2) is 36.4 Å². The third-order valence-corrected chi connectivity index (χ3v) is 17.5. The lowest BCUT2D eigenvalue weighted by Gasteiger charge is -2.19. The second kappa shape index (κ2) is 50.1. The van der Waals surface area contributed by atoms with Crippen molar-refractivity contribution in [2.45, 2.75) is 294 Å². The van der Waals surface area contributed by atoms with Crippen molar-refractivity contribution >= 4 is 24.3 Å². The van der Waals surface area contributed by atoms with Gasteiger partial charge in [-0.1, -0.05) is 305 Å². The topological polar surface area (TPSA) is 64.6 Å². The van der Waals surface area contributed by atoms with E-state index in [1.165, 1.54) is 161 Å². The molecule has 3 aromatic carbocycles. The Morgan fingerprint density at radius 3 is 0.908 bits per heavy atom. The molecule has 0 heterocycles. The highest BCUT2D eigenvalue weighted by atomic mass is 16.5. The summed E-state index contributed by atoms with van der Waals surface area (Å²) in [6.45, 7) is 28.9. The van der Waals surface area contributed by atoms with Gasteiger partial charge in [0.2, 0.25) is 5.75 Å². The number of hydrogen-bond acceptors (Lipinski definition) is 7. The van der Waals surface area contributed by atoms with Crippen LogP contribution in [0, 0.1) is 36.0 Å². The summed E-state index contributed by atoms with van der Waals surface area (Å²) in [6, 6.07) is 12.6. The van der Waals surface area contributed by atoms with E-state index < -0.39 is 0 Å². The maximum atomic E-state index is 6.84. The molecular formula is C80H130O7. The molecule has 0 spiro atoms.